The highest BCUT2D eigenvalue weighted by Gasteiger charge is 2.40. The summed E-state index contributed by atoms with van der Waals surface area (Å²) in [5.41, 5.74) is 0. The van der Waals surface area contributed by atoms with Gasteiger partial charge in [0, 0.05) is 0 Å². The molecule has 0 bridgehead atoms. The Morgan fingerprint density at radius 3 is 2.00 bits per heavy atom. The molecule has 80 valence electrons. The lowest BCUT2D eigenvalue weighted by molar-refractivity contribution is -0.149. The Balaban J connectivity index is 1.90. The lowest BCUT2D eigenvalue weighted by Crippen LogP contribution is -2.37. The van der Waals surface area contributed by atoms with Crippen LogP contribution in [0.4, 0.5) is 0 Å². The molecule has 0 amide bonds. The first-order valence-electron chi connectivity index (χ1n) is 6.02. The van der Waals surface area contributed by atoms with Crippen molar-refractivity contribution in [3.8, 4) is 0 Å². The van der Waals surface area contributed by atoms with E-state index < -0.39 is 5.97 Å². The fourth-order valence-electron chi connectivity index (χ4n) is 3.14. The average Bonchev–Trinajstić information content (AvgIpc) is 2.29. The molecule has 0 aromatic carbocycles. The molecule has 2 aliphatic carbocycles. The molecule has 1 N–H and O–H groups in total. The van der Waals surface area contributed by atoms with Gasteiger partial charge in [-0.3, -0.25) is 4.79 Å². The first-order valence-corrected chi connectivity index (χ1v) is 6.02. The molecule has 0 heterocycles. The largest absolute Gasteiger partial charge is 0.481 e. The fraction of sp³-hybridized carbons (Fsp3) is 0.917. The molecule has 2 saturated carbocycles. The van der Waals surface area contributed by atoms with Crippen molar-refractivity contribution in [3.05, 3.63) is 0 Å². The van der Waals surface area contributed by atoms with Crippen molar-refractivity contribution in [1.29, 1.82) is 0 Å². The number of carboxylic acids is 1. The monoisotopic (exact) mass is 196 g/mol. The van der Waals surface area contributed by atoms with Gasteiger partial charge in [0.15, 0.2) is 0 Å². The van der Waals surface area contributed by atoms with Crippen LogP contribution >= 0.6 is 0 Å². The third-order valence-corrected chi connectivity index (χ3v) is 4.15. The van der Waals surface area contributed by atoms with Crippen molar-refractivity contribution in [3.63, 3.8) is 0 Å². The number of carboxylic acid groups (broad SMARTS) is 1. The van der Waals surface area contributed by atoms with Crippen molar-refractivity contribution < 1.29 is 9.90 Å². The second-order valence-electron chi connectivity index (χ2n) is 4.94. The highest BCUT2D eigenvalue weighted by Crippen LogP contribution is 2.44. The van der Waals surface area contributed by atoms with Crippen LogP contribution in [0.15, 0.2) is 0 Å². The Labute approximate surface area is 85.7 Å². The van der Waals surface area contributed by atoms with Gasteiger partial charge in [0.05, 0.1) is 5.92 Å². The van der Waals surface area contributed by atoms with Crippen molar-refractivity contribution >= 4 is 5.97 Å². The van der Waals surface area contributed by atoms with Gasteiger partial charge in [0.1, 0.15) is 0 Å². The molecule has 0 aliphatic heterocycles. The van der Waals surface area contributed by atoms with Gasteiger partial charge >= 0.3 is 5.97 Å². The quantitative estimate of drug-likeness (QED) is 0.689. The minimum atomic E-state index is -0.550. The van der Waals surface area contributed by atoms with Crippen LogP contribution in [0, 0.1) is 17.8 Å². The van der Waals surface area contributed by atoms with Gasteiger partial charge in [-0.1, -0.05) is 38.5 Å². The molecular weight excluding hydrogens is 176 g/mol. The zero-order chi connectivity index (χ0) is 9.97. The van der Waals surface area contributed by atoms with E-state index in [-0.39, 0.29) is 5.92 Å². The zero-order valence-electron chi connectivity index (χ0n) is 8.74. The minimum Gasteiger partial charge on any atom is -0.481 e. The van der Waals surface area contributed by atoms with Crippen LogP contribution < -0.4 is 0 Å². The van der Waals surface area contributed by atoms with E-state index in [1.54, 1.807) is 0 Å². The van der Waals surface area contributed by atoms with Crippen molar-refractivity contribution in [1.82, 2.24) is 0 Å². The fourth-order valence-corrected chi connectivity index (χ4v) is 3.14. The summed E-state index contributed by atoms with van der Waals surface area (Å²) >= 11 is 0. The third kappa shape index (κ3) is 1.94. The van der Waals surface area contributed by atoms with E-state index in [4.69, 9.17) is 5.11 Å². The average molecular weight is 196 g/mol. The molecule has 2 heteroatoms. The number of hydrogen-bond donors (Lipinski definition) is 1. The summed E-state index contributed by atoms with van der Waals surface area (Å²) < 4.78 is 0. The van der Waals surface area contributed by atoms with Gasteiger partial charge in [0.25, 0.3) is 0 Å². The van der Waals surface area contributed by atoms with Crippen LogP contribution in [0.3, 0.4) is 0 Å². The molecule has 2 atom stereocenters. The van der Waals surface area contributed by atoms with Crippen LogP contribution in [-0.4, -0.2) is 11.1 Å². The van der Waals surface area contributed by atoms with E-state index >= 15 is 0 Å². The van der Waals surface area contributed by atoms with E-state index in [1.165, 1.54) is 44.9 Å². The Hall–Kier alpha value is -0.530. The topological polar surface area (TPSA) is 37.3 Å². The Kier molecular flexibility index (Phi) is 3.09. The molecule has 2 rings (SSSR count). The van der Waals surface area contributed by atoms with E-state index in [1.807, 2.05) is 0 Å². The summed E-state index contributed by atoms with van der Waals surface area (Å²) in [6.45, 7) is 0. The van der Waals surface area contributed by atoms with Gasteiger partial charge in [0.2, 0.25) is 0 Å². The maximum absolute atomic E-state index is 10.9. The predicted octanol–water partition coefficient (Wildman–Crippen LogP) is 3.07. The van der Waals surface area contributed by atoms with Crippen LogP contribution in [0.2, 0.25) is 0 Å². The van der Waals surface area contributed by atoms with Gasteiger partial charge in [-0.2, -0.15) is 0 Å². The number of rotatable bonds is 2. The van der Waals surface area contributed by atoms with Gasteiger partial charge in [-0.15, -0.1) is 0 Å². The SMILES string of the molecule is O=C(O)C1CCC1C1CCCCCC1. The Bertz CT molecular complexity index is 204. The summed E-state index contributed by atoms with van der Waals surface area (Å²) in [4.78, 5) is 10.9. The highest BCUT2D eigenvalue weighted by atomic mass is 16.4. The molecule has 0 saturated heterocycles. The molecule has 2 aliphatic rings. The second-order valence-corrected chi connectivity index (χ2v) is 4.94. The normalized spacial score (nSPS) is 34.6. The molecular formula is C12H20O2. The van der Waals surface area contributed by atoms with Gasteiger partial charge in [-0.25, -0.2) is 0 Å². The standard InChI is InChI=1S/C12H20O2/c13-12(14)11-8-7-10(11)9-5-3-1-2-4-6-9/h9-11H,1-8H2,(H,13,14). The van der Waals surface area contributed by atoms with Crippen molar-refractivity contribution in [2.75, 3.05) is 0 Å². The summed E-state index contributed by atoms with van der Waals surface area (Å²) in [6.07, 6.45) is 10.0. The second kappa shape index (κ2) is 4.33. The smallest absolute Gasteiger partial charge is 0.306 e. The summed E-state index contributed by atoms with van der Waals surface area (Å²) in [5.74, 6) is 0.696. The Morgan fingerprint density at radius 1 is 0.929 bits per heavy atom. The van der Waals surface area contributed by atoms with E-state index in [0.29, 0.717) is 5.92 Å². The summed E-state index contributed by atoms with van der Waals surface area (Å²) in [5, 5.41) is 9.00. The van der Waals surface area contributed by atoms with E-state index in [0.717, 1.165) is 12.3 Å². The Morgan fingerprint density at radius 2 is 1.57 bits per heavy atom. The van der Waals surface area contributed by atoms with Gasteiger partial charge < -0.3 is 5.11 Å². The maximum atomic E-state index is 10.9. The van der Waals surface area contributed by atoms with Crippen molar-refractivity contribution in [2.24, 2.45) is 17.8 Å². The van der Waals surface area contributed by atoms with Crippen LogP contribution in [0.25, 0.3) is 0 Å². The first-order chi connectivity index (χ1) is 6.79. The van der Waals surface area contributed by atoms with Crippen molar-refractivity contribution in [2.45, 2.75) is 51.4 Å². The van der Waals surface area contributed by atoms with Crippen LogP contribution in [0.1, 0.15) is 51.4 Å². The molecule has 14 heavy (non-hydrogen) atoms. The van der Waals surface area contributed by atoms with Crippen LogP contribution in [0.5, 0.6) is 0 Å². The first kappa shape index (κ1) is 10.0. The number of carbonyl (C=O) groups is 1. The van der Waals surface area contributed by atoms with E-state index in [9.17, 15) is 4.79 Å². The predicted molar refractivity (Wildman–Crippen MR) is 55.0 cm³/mol. The number of aliphatic carboxylic acids is 1. The minimum absolute atomic E-state index is 0.00176. The molecule has 0 spiro atoms. The highest BCUT2D eigenvalue weighted by molar-refractivity contribution is 5.71. The number of hydrogen-bond acceptors (Lipinski definition) is 1. The lowest BCUT2D eigenvalue weighted by Gasteiger charge is -2.39. The zero-order valence-corrected chi connectivity index (χ0v) is 8.74. The molecule has 0 aromatic heterocycles. The molecule has 2 unspecified atom stereocenters. The summed E-state index contributed by atoms with van der Waals surface area (Å²) in [6, 6.07) is 0. The van der Waals surface area contributed by atoms with E-state index in [2.05, 4.69) is 0 Å². The van der Waals surface area contributed by atoms with Gasteiger partial charge in [-0.05, 0) is 24.7 Å². The molecule has 2 nitrogen and oxygen atoms in total. The summed E-state index contributed by atoms with van der Waals surface area (Å²) in [7, 11) is 0. The third-order valence-electron chi connectivity index (χ3n) is 4.15. The molecule has 0 radical (unpaired) electrons. The molecule has 2 fully saturated rings. The maximum Gasteiger partial charge on any atom is 0.306 e. The lowest BCUT2D eigenvalue weighted by atomic mass is 9.65. The molecule has 0 aromatic rings. The van der Waals surface area contributed by atoms with Crippen LogP contribution in [-0.2, 0) is 4.79 Å².